The Hall–Kier alpha value is -1.31. The van der Waals surface area contributed by atoms with E-state index in [-0.39, 0.29) is 25.0 Å². The zero-order valence-electron chi connectivity index (χ0n) is 12.8. The van der Waals surface area contributed by atoms with Crippen LogP contribution in [0.1, 0.15) is 40.5 Å². The van der Waals surface area contributed by atoms with Gasteiger partial charge in [0.05, 0.1) is 6.10 Å². The van der Waals surface area contributed by atoms with Gasteiger partial charge in [0, 0.05) is 11.8 Å². The fourth-order valence-electron chi connectivity index (χ4n) is 3.77. The number of allylic oxidation sites excluding steroid dienone is 1. The van der Waals surface area contributed by atoms with Crippen LogP contribution in [0, 0.1) is 0 Å². The zero-order valence-corrected chi connectivity index (χ0v) is 14.8. The van der Waals surface area contributed by atoms with Gasteiger partial charge in [0.15, 0.2) is 0 Å². The summed E-state index contributed by atoms with van der Waals surface area (Å²) < 4.78 is 6.02. The first-order chi connectivity index (χ1) is 10.9. The average molecular weight is 312 g/mol. The quantitative estimate of drug-likeness (QED) is 0.789. The summed E-state index contributed by atoms with van der Waals surface area (Å²) in [5, 5.41) is 0. The van der Waals surface area contributed by atoms with Gasteiger partial charge in [-0.25, -0.2) is 0 Å². The smallest absolute Gasteiger partial charge is 0.146 e. The molecule has 3 unspecified atom stereocenters. The van der Waals surface area contributed by atoms with Crippen LogP contribution in [-0.2, 0) is 4.43 Å². The van der Waals surface area contributed by atoms with E-state index in [2.05, 4.69) is 72.8 Å². The molecule has 0 heterocycles. The van der Waals surface area contributed by atoms with Crippen molar-refractivity contribution in [2.75, 3.05) is 0 Å². The maximum absolute atomic E-state index is 6.02. The van der Waals surface area contributed by atoms with Crippen molar-refractivity contribution in [3.8, 4) is 0 Å². The van der Waals surface area contributed by atoms with Crippen LogP contribution in [0.25, 0.3) is 12.2 Å². The maximum Gasteiger partial charge on any atom is 0.146 e. The molecule has 0 bridgehead atoms. The summed E-state index contributed by atoms with van der Waals surface area (Å²) in [6.45, 7) is 0. The Labute approximate surface area is 153 Å². The minimum Gasteiger partial charge on any atom is -0.424 e. The van der Waals surface area contributed by atoms with Crippen LogP contribution in [0.3, 0.4) is 0 Å². The zero-order chi connectivity index (χ0) is 14.9. The number of rotatable bonds is 4. The molecule has 2 aromatic rings. The maximum atomic E-state index is 6.02. The average Bonchev–Trinajstić information content (AvgIpc) is 3.17. The van der Waals surface area contributed by atoms with Crippen molar-refractivity contribution in [1.29, 1.82) is 0 Å². The minimum atomic E-state index is 0. The minimum absolute atomic E-state index is 0. The molecule has 0 saturated carbocycles. The van der Waals surface area contributed by atoms with Crippen LogP contribution in [0.5, 0.6) is 0 Å². The third-order valence-corrected chi connectivity index (χ3v) is 5.54. The molecule has 0 radical (unpaired) electrons. The van der Waals surface area contributed by atoms with Crippen LogP contribution in [0.2, 0.25) is 0 Å². The van der Waals surface area contributed by atoms with Gasteiger partial charge in [-0.05, 0) is 28.7 Å². The second-order valence-corrected chi connectivity index (χ2v) is 6.59. The van der Waals surface area contributed by atoms with Crippen molar-refractivity contribution in [3.63, 3.8) is 0 Å². The topological polar surface area (TPSA) is 9.23 Å². The molecule has 0 N–H and O–H groups in total. The SMILES string of the molecule is [LiH].[SiH3]OC(CC1C=Cc2ccccc21)C1C=Cc2ccccc21. The van der Waals surface area contributed by atoms with E-state index >= 15 is 0 Å². The fraction of sp³-hybridized carbons (Fsp3) is 0.200. The number of fused-ring (bicyclic) bond motifs is 2. The van der Waals surface area contributed by atoms with E-state index in [1.54, 1.807) is 0 Å². The first kappa shape index (κ1) is 16.5. The van der Waals surface area contributed by atoms with E-state index in [9.17, 15) is 0 Å². The third kappa shape index (κ3) is 3.05. The Kier molecular flexibility index (Phi) is 5.09. The molecule has 23 heavy (non-hydrogen) atoms. The predicted octanol–water partition coefficient (Wildman–Crippen LogP) is 3.01. The van der Waals surface area contributed by atoms with Crippen LogP contribution in [0.4, 0.5) is 0 Å². The number of benzene rings is 2. The van der Waals surface area contributed by atoms with Gasteiger partial charge in [0.1, 0.15) is 10.5 Å². The molecule has 2 aliphatic carbocycles. The van der Waals surface area contributed by atoms with Crippen molar-refractivity contribution < 1.29 is 4.43 Å². The van der Waals surface area contributed by atoms with Crippen molar-refractivity contribution in [2.45, 2.75) is 24.4 Å². The number of hydrogen-bond donors (Lipinski definition) is 0. The van der Waals surface area contributed by atoms with Gasteiger partial charge in [0.2, 0.25) is 0 Å². The van der Waals surface area contributed by atoms with Gasteiger partial charge >= 0.3 is 18.9 Å². The molecule has 112 valence electrons. The summed E-state index contributed by atoms with van der Waals surface area (Å²) in [4.78, 5) is 0. The van der Waals surface area contributed by atoms with E-state index in [0.29, 0.717) is 11.8 Å². The third-order valence-electron chi connectivity index (χ3n) is 4.93. The second-order valence-electron chi connectivity index (χ2n) is 6.12. The summed E-state index contributed by atoms with van der Waals surface area (Å²) in [5.74, 6) is 0.881. The van der Waals surface area contributed by atoms with Gasteiger partial charge in [-0.3, -0.25) is 0 Å². The monoisotopic (exact) mass is 312 g/mol. The summed E-state index contributed by atoms with van der Waals surface area (Å²) >= 11 is 0. The largest absolute Gasteiger partial charge is 0.424 e. The molecule has 0 fully saturated rings. The molecule has 2 aromatic carbocycles. The molecule has 2 aliphatic rings. The number of hydrogen-bond acceptors (Lipinski definition) is 1. The standard InChI is InChI=1S/C20H20OSi.Li.H/c22-21-20(19-12-11-15-6-2-4-8-18(15)19)13-16-10-9-14-5-1-3-7-17(14)16;;/h1-12,16,19-20H,13H2,22H3;;. The first-order valence-electron chi connectivity index (χ1n) is 7.94. The van der Waals surface area contributed by atoms with E-state index in [1.807, 2.05) is 0 Å². The first-order valence-corrected chi connectivity index (χ1v) is 8.75. The summed E-state index contributed by atoms with van der Waals surface area (Å²) in [6.07, 6.45) is 10.5. The molecular weight excluding hydrogens is 291 g/mol. The molecule has 3 atom stereocenters. The van der Waals surface area contributed by atoms with Gasteiger partial charge < -0.3 is 4.43 Å². The molecule has 3 heteroatoms. The van der Waals surface area contributed by atoms with Gasteiger partial charge in [-0.1, -0.05) is 72.8 Å². The molecule has 4 rings (SSSR count). The Balaban J connectivity index is 0.00000156. The normalized spacial score (nSPS) is 21.7. The predicted molar refractivity (Wildman–Crippen MR) is 103 cm³/mol. The van der Waals surface area contributed by atoms with Crippen LogP contribution >= 0.6 is 0 Å². The summed E-state index contributed by atoms with van der Waals surface area (Å²) in [5.41, 5.74) is 5.57. The molecule has 1 nitrogen and oxygen atoms in total. The second kappa shape index (κ2) is 7.07. The summed E-state index contributed by atoms with van der Waals surface area (Å²) in [6, 6.07) is 17.4. The van der Waals surface area contributed by atoms with E-state index in [1.165, 1.54) is 22.3 Å². The van der Waals surface area contributed by atoms with E-state index in [0.717, 1.165) is 16.9 Å². The molecular formula is C20H21LiOSi. The molecule has 0 amide bonds. The van der Waals surface area contributed by atoms with Crippen molar-refractivity contribution >= 4 is 41.5 Å². The van der Waals surface area contributed by atoms with Gasteiger partial charge in [-0.2, -0.15) is 0 Å². The van der Waals surface area contributed by atoms with E-state index < -0.39 is 0 Å². The Bertz CT molecular complexity index is 753. The van der Waals surface area contributed by atoms with Crippen molar-refractivity contribution in [2.24, 2.45) is 0 Å². The molecule has 0 aliphatic heterocycles. The Morgan fingerprint density at radius 3 is 2.22 bits per heavy atom. The van der Waals surface area contributed by atoms with E-state index in [4.69, 9.17) is 4.43 Å². The van der Waals surface area contributed by atoms with Crippen LogP contribution in [0.15, 0.2) is 60.7 Å². The van der Waals surface area contributed by atoms with Gasteiger partial charge in [0.25, 0.3) is 0 Å². The van der Waals surface area contributed by atoms with Crippen molar-refractivity contribution in [3.05, 3.63) is 82.9 Å². The Morgan fingerprint density at radius 1 is 0.870 bits per heavy atom. The summed E-state index contributed by atoms with van der Waals surface area (Å²) in [7, 11) is 0.778. The fourth-order valence-corrected chi connectivity index (χ4v) is 4.26. The van der Waals surface area contributed by atoms with Crippen LogP contribution in [-0.4, -0.2) is 35.5 Å². The van der Waals surface area contributed by atoms with Crippen molar-refractivity contribution in [1.82, 2.24) is 0 Å². The Morgan fingerprint density at radius 2 is 1.48 bits per heavy atom. The van der Waals surface area contributed by atoms with Gasteiger partial charge in [-0.15, -0.1) is 0 Å². The molecule has 0 spiro atoms. The molecule has 0 saturated heterocycles. The molecule has 0 aromatic heterocycles. The van der Waals surface area contributed by atoms with Crippen LogP contribution < -0.4 is 0 Å².